The SMILES string of the molecule is CC(C)CC(=O)N1CCC2(CC1)OC[C@@H](C(=O)NCCN(C)C)N2C(=O)c1ccco1. The molecule has 1 N–H and O–H groups in total. The molecule has 3 heterocycles. The lowest BCUT2D eigenvalue weighted by atomic mass is 9.96. The minimum Gasteiger partial charge on any atom is -0.459 e. The zero-order valence-corrected chi connectivity index (χ0v) is 18.9. The molecular formula is C22H34N4O5. The third-order valence-electron chi connectivity index (χ3n) is 5.85. The Kier molecular flexibility index (Phi) is 7.38. The van der Waals surface area contributed by atoms with Crippen LogP contribution in [0, 0.1) is 5.92 Å². The van der Waals surface area contributed by atoms with Crippen molar-refractivity contribution >= 4 is 17.7 Å². The van der Waals surface area contributed by atoms with Gasteiger partial charge in [-0.3, -0.25) is 19.3 Å². The van der Waals surface area contributed by atoms with Gasteiger partial charge in [0.15, 0.2) is 5.76 Å². The fourth-order valence-electron chi connectivity index (χ4n) is 4.19. The second-order valence-corrected chi connectivity index (χ2v) is 9.00. The van der Waals surface area contributed by atoms with Gasteiger partial charge in [0.05, 0.1) is 12.9 Å². The number of hydrogen-bond acceptors (Lipinski definition) is 6. The molecule has 9 nitrogen and oxygen atoms in total. The summed E-state index contributed by atoms with van der Waals surface area (Å²) in [6.07, 6.45) is 2.87. The molecule has 0 bridgehead atoms. The number of likely N-dealkylation sites (N-methyl/N-ethyl adjacent to an activating group) is 1. The maximum atomic E-state index is 13.3. The van der Waals surface area contributed by atoms with Crippen LogP contribution in [-0.2, 0) is 14.3 Å². The number of furan rings is 1. The summed E-state index contributed by atoms with van der Waals surface area (Å²) in [6.45, 7) is 6.32. The van der Waals surface area contributed by atoms with Crippen LogP contribution in [0.3, 0.4) is 0 Å². The molecule has 0 radical (unpaired) electrons. The fraction of sp³-hybridized carbons (Fsp3) is 0.682. The van der Waals surface area contributed by atoms with Gasteiger partial charge in [0.2, 0.25) is 11.8 Å². The van der Waals surface area contributed by atoms with E-state index in [1.165, 1.54) is 6.26 Å². The average Bonchev–Trinajstić information content (AvgIpc) is 3.36. The Bertz CT molecular complexity index is 769. The number of nitrogens with zero attached hydrogens (tertiary/aromatic N) is 3. The molecule has 2 saturated heterocycles. The number of hydrogen-bond donors (Lipinski definition) is 1. The monoisotopic (exact) mass is 434 g/mol. The lowest BCUT2D eigenvalue weighted by Gasteiger charge is -2.44. The predicted molar refractivity (Wildman–Crippen MR) is 114 cm³/mol. The number of likely N-dealkylation sites (tertiary alicyclic amines) is 1. The molecular weight excluding hydrogens is 400 g/mol. The third kappa shape index (κ3) is 5.27. The van der Waals surface area contributed by atoms with E-state index in [9.17, 15) is 14.4 Å². The van der Waals surface area contributed by atoms with Crippen molar-refractivity contribution in [2.24, 2.45) is 5.92 Å². The molecule has 2 fully saturated rings. The van der Waals surface area contributed by atoms with Crippen molar-refractivity contribution in [3.05, 3.63) is 24.2 Å². The standard InChI is InChI=1S/C22H34N4O5/c1-16(2)14-19(27)25-10-7-22(8-11-25)26(21(29)18-6-5-13-30-18)17(15-31-22)20(28)23-9-12-24(3)4/h5-6,13,16-17H,7-12,14-15H2,1-4H3,(H,23,28)/t17-/m0/s1. The van der Waals surface area contributed by atoms with Crippen LogP contribution in [0.2, 0.25) is 0 Å². The Hall–Kier alpha value is -2.39. The number of nitrogens with one attached hydrogen (secondary N) is 1. The fourth-order valence-corrected chi connectivity index (χ4v) is 4.19. The molecule has 0 aliphatic carbocycles. The summed E-state index contributed by atoms with van der Waals surface area (Å²) in [5.74, 6) is -0.0217. The van der Waals surface area contributed by atoms with Gasteiger partial charge in [-0.15, -0.1) is 0 Å². The number of ether oxygens (including phenoxy) is 1. The first kappa shape index (κ1) is 23.3. The third-order valence-corrected chi connectivity index (χ3v) is 5.85. The van der Waals surface area contributed by atoms with Crippen LogP contribution in [0.1, 0.15) is 43.7 Å². The van der Waals surface area contributed by atoms with Gasteiger partial charge < -0.3 is 24.3 Å². The largest absolute Gasteiger partial charge is 0.459 e. The molecule has 1 aromatic heterocycles. The van der Waals surface area contributed by atoms with Crippen molar-refractivity contribution in [2.75, 3.05) is 46.9 Å². The van der Waals surface area contributed by atoms with E-state index in [1.807, 2.05) is 37.7 Å². The van der Waals surface area contributed by atoms with Crippen molar-refractivity contribution in [2.45, 2.75) is 44.9 Å². The van der Waals surface area contributed by atoms with Crippen molar-refractivity contribution in [1.29, 1.82) is 0 Å². The quantitative estimate of drug-likeness (QED) is 0.692. The number of carbonyl (C=O) groups is 3. The zero-order chi connectivity index (χ0) is 22.6. The van der Waals surface area contributed by atoms with Gasteiger partial charge in [-0.2, -0.15) is 0 Å². The lowest BCUT2D eigenvalue weighted by molar-refractivity contribution is -0.144. The topological polar surface area (TPSA) is 95.3 Å². The number of piperidine rings is 1. The molecule has 31 heavy (non-hydrogen) atoms. The van der Waals surface area contributed by atoms with E-state index in [2.05, 4.69) is 5.32 Å². The van der Waals surface area contributed by atoms with Crippen molar-refractivity contribution in [1.82, 2.24) is 20.0 Å². The van der Waals surface area contributed by atoms with E-state index in [0.717, 1.165) is 0 Å². The van der Waals surface area contributed by atoms with E-state index < -0.39 is 11.8 Å². The summed E-state index contributed by atoms with van der Waals surface area (Å²) in [7, 11) is 3.86. The second kappa shape index (κ2) is 9.82. The van der Waals surface area contributed by atoms with Crippen molar-refractivity contribution in [3.63, 3.8) is 0 Å². The first-order valence-corrected chi connectivity index (χ1v) is 10.9. The maximum absolute atomic E-state index is 13.3. The molecule has 172 valence electrons. The minimum absolute atomic E-state index is 0.115. The molecule has 1 atom stereocenters. The van der Waals surface area contributed by atoms with Crippen molar-refractivity contribution in [3.8, 4) is 0 Å². The first-order valence-electron chi connectivity index (χ1n) is 10.9. The highest BCUT2D eigenvalue weighted by Crippen LogP contribution is 2.38. The number of carbonyl (C=O) groups excluding carboxylic acids is 3. The summed E-state index contributed by atoms with van der Waals surface area (Å²) in [6, 6.07) is 2.50. The molecule has 3 rings (SSSR count). The molecule has 2 aliphatic heterocycles. The Balaban J connectivity index is 1.76. The van der Waals surface area contributed by atoms with Crippen LogP contribution in [-0.4, -0.2) is 91.1 Å². The minimum atomic E-state index is -0.915. The van der Waals surface area contributed by atoms with Crippen LogP contribution < -0.4 is 5.32 Å². The summed E-state index contributed by atoms with van der Waals surface area (Å²) in [4.78, 5) is 44.1. The smallest absolute Gasteiger partial charge is 0.292 e. The van der Waals surface area contributed by atoms with Crippen LogP contribution in [0.15, 0.2) is 22.8 Å². The van der Waals surface area contributed by atoms with Gasteiger partial charge in [-0.05, 0) is 32.1 Å². The Morgan fingerprint density at radius 2 is 1.97 bits per heavy atom. The maximum Gasteiger partial charge on any atom is 0.292 e. The van der Waals surface area contributed by atoms with E-state index in [0.29, 0.717) is 51.4 Å². The number of amides is 3. The van der Waals surface area contributed by atoms with E-state index >= 15 is 0 Å². The highest BCUT2D eigenvalue weighted by atomic mass is 16.5. The van der Waals surface area contributed by atoms with Gasteiger partial charge in [0.25, 0.3) is 5.91 Å². The highest BCUT2D eigenvalue weighted by molar-refractivity contribution is 5.96. The van der Waals surface area contributed by atoms with Crippen molar-refractivity contribution < 1.29 is 23.5 Å². The summed E-state index contributed by atoms with van der Waals surface area (Å²) >= 11 is 0. The Morgan fingerprint density at radius 1 is 1.26 bits per heavy atom. The Morgan fingerprint density at radius 3 is 2.55 bits per heavy atom. The molecule has 0 aromatic carbocycles. The van der Waals surface area contributed by atoms with Crippen LogP contribution in [0.25, 0.3) is 0 Å². The summed E-state index contributed by atoms with van der Waals surface area (Å²) < 4.78 is 11.5. The van der Waals surface area contributed by atoms with Gasteiger partial charge in [0.1, 0.15) is 11.8 Å². The average molecular weight is 435 g/mol. The first-order chi connectivity index (χ1) is 14.7. The van der Waals surface area contributed by atoms with E-state index in [1.54, 1.807) is 17.0 Å². The normalized spacial score (nSPS) is 20.6. The molecule has 0 unspecified atom stereocenters. The van der Waals surface area contributed by atoms with Crippen LogP contribution in [0.4, 0.5) is 0 Å². The molecule has 2 aliphatic rings. The zero-order valence-electron chi connectivity index (χ0n) is 18.9. The van der Waals surface area contributed by atoms with Crippen LogP contribution >= 0.6 is 0 Å². The number of rotatable bonds is 7. The summed E-state index contributed by atoms with van der Waals surface area (Å²) in [5, 5.41) is 2.91. The van der Waals surface area contributed by atoms with Gasteiger partial charge in [0, 0.05) is 45.4 Å². The van der Waals surface area contributed by atoms with Gasteiger partial charge in [-0.25, -0.2) is 0 Å². The van der Waals surface area contributed by atoms with Crippen LogP contribution in [0.5, 0.6) is 0 Å². The Labute approximate surface area is 183 Å². The molecule has 1 spiro atoms. The highest BCUT2D eigenvalue weighted by Gasteiger charge is 2.54. The van der Waals surface area contributed by atoms with Gasteiger partial charge in [-0.1, -0.05) is 13.8 Å². The molecule has 3 amide bonds. The van der Waals surface area contributed by atoms with Gasteiger partial charge >= 0.3 is 0 Å². The van der Waals surface area contributed by atoms with E-state index in [-0.39, 0.29) is 30.1 Å². The molecule has 1 aromatic rings. The summed E-state index contributed by atoms with van der Waals surface area (Å²) in [5.41, 5.74) is -0.915. The molecule has 9 heteroatoms. The predicted octanol–water partition coefficient (Wildman–Crippen LogP) is 1.16. The van der Waals surface area contributed by atoms with E-state index in [4.69, 9.17) is 9.15 Å². The molecule has 0 saturated carbocycles. The second-order valence-electron chi connectivity index (χ2n) is 9.00. The lowest BCUT2D eigenvalue weighted by Crippen LogP contribution is -2.60.